The molecule has 0 spiro atoms. The fourth-order valence-corrected chi connectivity index (χ4v) is 4.64. The van der Waals surface area contributed by atoms with Gasteiger partial charge in [-0.25, -0.2) is 4.98 Å². The highest BCUT2D eigenvalue weighted by molar-refractivity contribution is 7.22. The zero-order valence-electron chi connectivity index (χ0n) is 17.2. The van der Waals surface area contributed by atoms with Crippen LogP contribution in [0.1, 0.15) is 30.9 Å². The maximum absolute atomic E-state index is 12.5. The van der Waals surface area contributed by atoms with Crippen LogP contribution in [0.4, 0.5) is 5.13 Å². The first kappa shape index (κ1) is 19.7. The molecule has 0 bridgehead atoms. The Morgan fingerprint density at radius 3 is 2.48 bits per heavy atom. The van der Waals surface area contributed by atoms with E-state index in [4.69, 9.17) is 9.72 Å². The number of anilines is 1. The summed E-state index contributed by atoms with van der Waals surface area (Å²) in [6.07, 6.45) is 0. The van der Waals surface area contributed by atoms with E-state index in [0.717, 1.165) is 29.5 Å². The van der Waals surface area contributed by atoms with E-state index in [1.165, 1.54) is 15.8 Å². The van der Waals surface area contributed by atoms with Crippen LogP contribution < -0.4 is 9.64 Å². The quantitative estimate of drug-likeness (QED) is 0.624. The number of fused-ring (bicyclic) bond motifs is 1. The first-order valence-electron chi connectivity index (χ1n) is 10.1. The number of benzene rings is 2. The lowest BCUT2D eigenvalue weighted by atomic mass is 10.0. The van der Waals surface area contributed by atoms with E-state index < -0.39 is 0 Å². The number of amides is 1. The molecule has 0 radical (unpaired) electrons. The molecule has 29 heavy (non-hydrogen) atoms. The largest absolute Gasteiger partial charge is 0.484 e. The number of nitrogens with zero attached hydrogens (tertiary/aromatic N) is 3. The number of carbonyl (C=O) groups excluding carboxylic acids is 1. The topological polar surface area (TPSA) is 45.7 Å². The van der Waals surface area contributed by atoms with Crippen LogP contribution in [0, 0.1) is 6.92 Å². The van der Waals surface area contributed by atoms with Gasteiger partial charge in [0, 0.05) is 26.2 Å². The second-order valence-corrected chi connectivity index (χ2v) is 8.81. The summed E-state index contributed by atoms with van der Waals surface area (Å²) in [5, 5.41) is 1.04. The maximum Gasteiger partial charge on any atom is 0.260 e. The van der Waals surface area contributed by atoms with Crippen molar-refractivity contribution in [3.8, 4) is 5.75 Å². The molecule has 0 N–H and O–H groups in total. The second-order valence-electron chi connectivity index (χ2n) is 7.80. The van der Waals surface area contributed by atoms with Gasteiger partial charge >= 0.3 is 0 Å². The van der Waals surface area contributed by atoms with E-state index in [2.05, 4.69) is 56.0 Å². The summed E-state index contributed by atoms with van der Waals surface area (Å²) in [7, 11) is 0. The minimum absolute atomic E-state index is 0.0396. The van der Waals surface area contributed by atoms with Crippen molar-refractivity contribution in [2.24, 2.45) is 0 Å². The van der Waals surface area contributed by atoms with Gasteiger partial charge in [0.05, 0.1) is 10.2 Å². The highest BCUT2D eigenvalue weighted by Gasteiger charge is 2.23. The third-order valence-electron chi connectivity index (χ3n) is 5.42. The van der Waals surface area contributed by atoms with Crippen molar-refractivity contribution in [2.45, 2.75) is 26.7 Å². The Kier molecular flexibility index (Phi) is 5.72. The molecule has 4 rings (SSSR count). The molecule has 3 aromatic rings. The third kappa shape index (κ3) is 4.37. The molecule has 0 saturated carbocycles. The van der Waals surface area contributed by atoms with Crippen molar-refractivity contribution >= 4 is 32.6 Å². The number of piperazine rings is 1. The summed E-state index contributed by atoms with van der Waals surface area (Å²) in [5.41, 5.74) is 3.56. The molecule has 1 aliphatic heterocycles. The van der Waals surface area contributed by atoms with Gasteiger partial charge in [-0.15, -0.1) is 0 Å². The monoisotopic (exact) mass is 409 g/mol. The molecular formula is C23H27N3O2S. The highest BCUT2D eigenvalue weighted by atomic mass is 32.1. The van der Waals surface area contributed by atoms with Crippen LogP contribution in [0.25, 0.3) is 10.2 Å². The number of ether oxygens (including phenoxy) is 1. The Labute approximate surface area is 175 Å². The van der Waals surface area contributed by atoms with Gasteiger partial charge in [-0.05, 0) is 42.2 Å². The minimum Gasteiger partial charge on any atom is -0.484 e. The molecule has 0 aliphatic carbocycles. The lowest BCUT2D eigenvalue weighted by molar-refractivity contribution is -0.133. The Bertz CT molecular complexity index is 989. The number of carbonyl (C=O) groups is 1. The lowest BCUT2D eigenvalue weighted by Gasteiger charge is -2.34. The number of hydrogen-bond donors (Lipinski definition) is 0. The second kappa shape index (κ2) is 8.41. The summed E-state index contributed by atoms with van der Waals surface area (Å²) >= 11 is 1.72. The predicted octanol–water partition coefficient (Wildman–Crippen LogP) is 4.46. The van der Waals surface area contributed by atoms with Crippen molar-refractivity contribution in [3.63, 3.8) is 0 Å². The minimum atomic E-state index is 0.0396. The molecule has 6 heteroatoms. The van der Waals surface area contributed by atoms with Gasteiger partial charge in [0.2, 0.25) is 0 Å². The van der Waals surface area contributed by atoms with Crippen LogP contribution in [-0.4, -0.2) is 48.6 Å². The number of rotatable bonds is 5. The first-order valence-corrected chi connectivity index (χ1v) is 10.9. The van der Waals surface area contributed by atoms with Crippen molar-refractivity contribution in [1.82, 2.24) is 9.88 Å². The molecule has 0 atom stereocenters. The van der Waals surface area contributed by atoms with E-state index in [-0.39, 0.29) is 12.5 Å². The average Bonchev–Trinajstić information content (AvgIpc) is 3.18. The molecule has 2 aromatic carbocycles. The summed E-state index contributed by atoms with van der Waals surface area (Å²) in [6.45, 7) is 9.50. The van der Waals surface area contributed by atoms with E-state index >= 15 is 0 Å². The maximum atomic E-state index is 12.5. The van der Waals surface area contributed by atoms with E-state index in [0.29, 0.717) is 19.0 Å². The van der Waals surface area contributed by atoms with Crippen molar-refractivity contribution in [1.29, 1.82) is 0 Å². The predicted molar refractivity (Wildman–Crippen MR) is 119 cm³/mol. The van der Waals surface area contributed by atoms with Crippen LogP contribution in [0.2, 0.25) is 0 Å². The Morgan fingerprint density at radius 2 is 1.83 bits per heavy atom. The molecule has 152 valence electrons. The molecule has 5 nitrogen and oxygen atoms in total. The van der Waals surface area contributed by atoms with Crippen LogP contribution in [-0.2, 0) is 4.79 Å². The van der Waals surface area contributed by atoms with Crippen LogP contribution in [0.5, 0.6) is 5.75 Å². The lowest BCUT2D eigenvalue weighted by Crippen LogP contribution is -2.50. The van der Waals surface area contributed by atoms with Crippen LogP contribution in [0.3, 0.4) is 0 Å². The normalized spacial score (nSPS) is 14.6. The number of aryl methyl sites for hydroxylation is 1. The SMILES string of the molecule is Cc1cccc2sc(N3CCN(C(=O)COc4ccc(C(C)C)cc4)CC3)nc12. The van der Waals surface area contributed by atoms with Crippen LogP contribution in [0.15, 0.2) is 42.5 Å². The Morgan fingerprint density at radius 1 is 1.10 bits per heavy atom. The first-order chi connectivity index (χ1) is 14.0. The number of thiazole rings is 1. The van der Waals surface area contributed by atoms with E-state index in [1.54, 1.807) is 11.3 Å². The Balaban J connectivity index is 1.30. The third-order valence-corrected chi connectivity index (χ3v) is 6.50. The Hall–Kier alpha value is -2.60. The van der Waals surface area contributed by atoms with Gasteiger partial charge in [-0.2, -0.15) is 0 Å². The van der Waals surface area contributed by atoms with Gasteiger partial charge in [-0.3, -0.25) is 4.79 Å². The number of hydrogen-bond acceptors (Lipinski definition) is 5. The summed E-state index contributed by atoms with van der Waals surface area (Å²) in [4.78, 5) is 21.5. The highest BCUT2D eigenvalue weighted by Crippen LogP contribution is 2.31. The molecule has 1 fully saturated rings. The van der Waals surface area contributed by atoms with Crippen LogP contribution >= 0.6 is 11.3 Å². The molecule has 2 heterocycles. The summed E-state index contributed by atoms with van der Waals surface area (Å²) in [6, 6.07) is 14.3. The van der Waals surface area contributed by atoms with Crippen molar-refractivity contribution in [2.75, 3.05) is 37.7 Å². The fourth-order valence-electron chi connectivity index (χ4n) is 3.54. The molecule has 1 aliphatic rings. The van der Waals surface area contributed by atoms with Gasteiger partial charge in [0.1, 0.15) is 5.75 Å². The number of aromatic nitrogens is 1. The van der Waals surface area contributed by atoms with Gasteiger partial charge < -0.3 is 14.5 Å². The number of para-hydroxylation sites is 1. The van der Waals surface area contributed by atoms with E-state index in [1.807, 2.05) is 17.0 Å². The van der Waals surface area contributed by atoms with Crippen molar-refractivity contribution in [3.05, 3.63) is 53.6 Å². The van der Waals surface area contributed by atoms with Gasteiger partial charge in [0.15, 0.2) is 11.7 Å². The molecule has 1 amide bonds. The smallest absolute Gasteiger partial charge is 0.260 e. The zero-order chi connectivity index (χ0) is 20.4. The average molecular weight is 410 g/mol. The summed E-state index contributed by atoms with van der Waals surface area (Å²) in [5.74, 6) is 1.27. The van der Waals surface area contributed by atoms with Gasteiger partial charge in [-0.1, -0.05) is 49.4 Å². The molecule has 1 aromatic heterocycles. The van der Waals surface area contributed by atoms with Gasteiger partial charge in [0.25, 0.3) is 5.91 Å². The van der Waals surface area contributed by atoms with E-state index in [9.17, 15) is 4.79 Å². The summed E-state index contributed by atoms with van der Waals surface area (Å²) < 4.78 is 6.92. The molecular weight excluding hydrogens is 382 g/mol. The standard InChI is InChI=1S/C23H27N3O2S/c1-16(2)18-7-9-19(10-8-18)28-15-21(27)25-11-13-26(14-12-25)23-24-22-17(3)5-4-6-20(22)29-23/h4-10,16H,11-15H2,1-3H3. The molecule has 1 saturated heterocycles. The molecule has 0 unspecified atom stereocenters. The fraction of sp³-hybridized carbons (Fsp3) is 0.391. The van der Waals surface area contributed by atoms with Crippen molar-refractivity contribution < 1.29 is 9.53 Å². The zero-order valence-corrected chi connectivity index (χ0v) is 18.0.